The first kappa shape index (κ1) is 24.8. The Morgan fingerprint density at radius 2 is 1.75 bits per heavy atom. The largest absolute Gasteiger partial charge is 0.480 e. The molecule has 2 unspecified atom stereocenters. The minimum absolute atomic E-state index is 0.127. The molecule has 0 bridgehead atoms. The first-order valence-corrected chi connectivity index (χ1v) is 10.4. The van der Waals surface area contributed by atoms with Gasteiger partial charge in [0.1, 0.15) is 12.1 Å². The van der Waals surface area contributed by atoms with Crippen molar-refractivity contribution in [2.75, 3.05) is 19.6 Å². The predicted octanol–water partition coefficient (Wildman–Crippen LogP) is -1.03. The lowest BCUT2D eigenvalue weighted by Crippen LogP contribution is -2.54. The van der Waals surface area contributed by atoms with Crippen LogP contribution in [0, 0.1) is 0 Å². The summed E-state index contributed by atoms with van der Waals surface area (Å²) in [5.74, 6) is -2.90. The van der Waals surface area contributed by atoms with Crippen molar-refractivity contribution in [1.29, 1.82) is 0 Å². The highest BCUT2D eigenvalue weighted by Crippen LogP contribution is 2.19. The van der Waals surface area contributed by atoms with Crippen LogP contribution in [0.1, 0.15) is 24.8 Å². The van der Waals surface area contributed by atoms with E-state index in [-0.39, 0.29) is 25.9 Å². The van der Waals surface area contributed by atoms with Crippen LogP contribution in [0.4, 0.5) is 0 Å². The van der Waals surface area contributed by atoms with Crippen molar-refractivity contribution >= 4 is 34.6 Å². The van der Waals surface area contributed by atoms with Gasteiger partial charge in [-0.25, -0.2) is 4.79 Å². The Bertz CT molecular complexity index is 944. The Morgan fingerprint density at radius 3 is 2.44 bits per heavy atom. The lowest BCUT2D eigenvalue weighted by atomic mass is 10.0. The minimum Gasteiger partial charge on any atom is -0.480 e. The second-order valence-electron chi connectivity index (χ2n) is 7.35. The minimum atomic E-state index is -1.16. The van der Waals surface area contributed by atoms with Gasteiger partial charge >= 0.3 is 5.97 Å². The molecule has 0 aliphatic carbocycles. The number of rotatable bonds is 13. The number of fused-ring (bicyclic) bond motifs is 1. The summed E-state index contributed by atoms with van der Waals surface area (Å²) in [5.41, 5.74) is 12.3. The molecular formula is C21H30N6O5. The van der Waals surface area contributed by atoms with Gasteiger partial charge in [0.05, 0.1) is 13.1 Å². The van der Waals surface area contributed by atoms with Gasteiger partial charge in [0, 0.05) is 23.5 Å². The van der Waals surface area contributed by atoms with Gasteiger partial charge in [0.15, 0.2) is 0 Å². The summed E-state index contributed by atoms with van der Waals surface area (Å²) < 4.78 is 0. The molecule has 0 saturated heterocycles. The molecule has 0 aliphatic rings. The number of carboxylic acid groups (broad SMARTS) is 1. The van der Waals surface area contributed by atoms with Crippen LogP contribution in [0.5, 0.6) is 0 Å². The van der Waals surface area contributed by atoms with Crippen LogP contribution in [-0.4, -0.2) is 65.5 Å². The van der Waals surface area contributed by atoms with Crippen molar-refractivity contribution in [1.82, 2.24) is 20.9 Å². The molecule has 0 aliphatic heterocycles. The van der Waals surface area contributed by atoms with E-state index in [9.17, 15) is 24.3 Å². The summed E-state index contributed by atoms with van der Waals surface area (Å²) in [5, 5.41) is 17.8. The summed E-state index contributed by atoms with van der Waals surface area (Å²) >= 11 is 0. The number of benzene rings is 1. The lowest BCUT2D eigenvalue weighted by molar-refractivity contribution is -0.142. The number of hydrogen-bond acceptors (Lipinski definition) is 6. The van der Waals surface area contributed by atoms with Crippen molar-refractivity contribution < 1.29 is 24.3 Å². The molecular weight excluding hydrogens is 416 g/mol. The van der Waals surface area contributed by atoms with E-state index in [1.165, 1.54) is 0 Å². The third-order valence-corrected chi connectivity index (χ3v) is 4.94. The zero-order valence-corrected chi connectivity index (χ0v) is 17.7. The van der Waals surface area contributed by atoms with Gasteiger partial charge < -0.3 is 37.5 Å². The Kier molecular flexibility index (Phi) is 9.64. The van der Waals surface area contributed by atoms with Crippen molar-refractivity contribution in [2.45, 2.75) is 37.8 Å². The molecule has 1 aromatic carbocycles. The fourth-order valence-electron chi connectivity index (χ4n) is 3.25. The number of aliphatic carboxylic acids is 1. The van der Waals surface area contributed by atoms with E-state index < -0.39 is 35.8 Å². The van der Waals surface area contributed by atoms with E-state index in [1.54, 1.807) is 6.20 Å². The highest BCUT2D eigenvalue weighted by molar-refractivity contribution is 5.93. The van der Waals surface area contributed by atoms with Gasteiger partial charge in [0.25, 0.3) is 0 Å². The van der Waals surface area contributed by atoms with Gasteiger partial charge in [-0.15, -0.1) is 0 Å². The monoisotopic (exact) mass is 446 g/mol. The Labute approximate surface area is 185 Å². The summed E-state index contributed by atoms with van der Waals surface area (Å²) in [6.45, 7) is -0.198. The van der Waals surface area contributed by atoms with Gasteiger partial charge in [-0.05, 0) is 37.4 Å². The molecule has 1 aromatic heterocycles. The quantitative estimate of drug-likeness (QED) is 0.191. The average molecular weight is 447 g/mol. The first-order valence-electron chi connectivity index (χ1n) is 10.4. The van der Waals surface area contributed by atoms with E-state index >= 15 is 0 Å². The summed E-state index contributed by atoms with van der Waals surface area (Å²) in [4.78, 5) is 51.3. The molecule has 1 heterocycles. The van der Waals surface area contributed by atoms with E-state index in [0.29, 0.717) is 19.4 Å². The van der Waals surface area contributed by atoms with Crippen molar-refractivity contribution in [3.05, 3.63) is 36.0 Å². The van der Waals surface area contributed by atoms with Gasteiger partial charge in [-0.3, -0.25) is 14.4 Å². The Balaban J connectivity index is 2.16. The molecule has 2 rings (SSSR count). The van der Waals surface area contributed by atoms with Crippen LogP contribution in [0.3, 0.4) is 0 Å². The molecule has 174 valence electrons. The molecule has 0 saturated carbocycles. The number of unbranched alkanes of at least 4 members (excludes halogenated alkanes) is 1. The fraction of sp³-hybridized carbons (Fsp3) is 0.429. The number of carbonyl (C=O) groups is 4. The smallest absolute Gasteiger partial charge is 0.326 e. The highest BCUT2D eigenvalue weighted by Gasteiger charge is 2.27. The molecule has 11 heteroatoms. The van der Waals surface area contributed by atoms with Crippen LogP contribution < -0.4 is 27.4 Å². The highest BCUT2D eigenvalue weighted by atomic mass is 16.4. The molecule has 11 nitrogen and oxygen atoms in total. The van der Waals surface area contributed by atoms with E-state index in [4.69, 9.17) is 11.5 Å². The van der Waals surface area contributed by atoms with Crippen LogP contribution >= 0.6 is 0 Å². The molecule has 0 fully saturated rings. The Hall–Kier alpha value is -3.44. The number of aromatic nitrogens is 1. The van der Waals surface area contributed by atoms with Crippen LogP contribution in [0.15, 0.2) is 30.5 Å². The van der Waals surface area contributed by atoms with Crippen LogP contribution in [-0.2, 0) is 25.6 Å². The average Bonchev–Trinajstić information content (AvgIpc) is 3.19. The third-order valence-electron chi connectivity index (χ3n) is 4.94. The fourth-order valence-corrected chi connectivity index (χ4v) is 3.25. The van der Waals surface area contributed by atoms with Crippen molar-refractivity contribution in [3.63, 3.8) is 0 Å². The SMILES string of the molecule is NCCCCC(NC(=O)C(Cc1c[nH]c2ccccc12)NC(=O)CNC(=O)CN)C(=O)O. The number of H-pyrrole nitrogens is 1. The van der Waals surface area contributed by atoms with Crippen LogP contribution in [0.2, 0.25) is 0 Å². The topological polar surface area (TPSA) is 192 Å². The number of carbonyl (C=O) groups excluding carboxylic acids is 3. The number of para-hydroxylation sites is 1. The molecule has 3 amide bonds. The number of nitrogens with two attached hydrogens (primary N) is 2. The second-order valence-corrected chi connectivity index (χ2v) is 7.35. The zero-order valence-electron chi connectivity index (χ0n) is 17.7. The third kappa shape index (κ3) is 7.36. The van der Waals surface area contributed by atoms with Gasteiger partial charge in [0.2, 0.25) is 17.7 Å². The number of carboxylic acids is 1. The molecule has 2 atom stereocenters. The molecule has 9 N–H and O–H groups in total. The molecule has 2 aromatic rings. The molecule has 0 radical (unpaired) electrons. The number of hydrogen-bond donors (Lipinski definition) is 7. The van der Waals surface area contributed by atoms with Gasteiger partial charge in [-0.2, -0.15) is 0 Å². The molecule has 0 spiro atoms. The number of nitrogens with one attached hydrogen (secondary N) is 4. The maximum absolute atomic E-state index is 13.0. The Morgan fingerprint density at radius 1 is 1.00 bits per heavy atom. The number of aromatic amines is 1. The summed E-state index contributed by atoms with van der Waals surface area (Å²) in [6.07, 6.45) is 3.26. The summed E-state index contributed by atoms with van der Waals surface area (Å²) in [7, 11) is 0. The number of amides is 3. The zero-order chi connectivity index (χ0) is 23.5. The standard InChI is InChI=1S/C21H30N6O5/c22-8-4-3-7-16(21(31)32)27-20(30)17(26-19(29)12-25-18(28)10-23)9-13-11-24-15-6-2-1-5-14(13)15/h1-2,5-6,11,16-17,24H,3-4,7-10,12,22-23H2,(H,25,28)(H,26,29)(H,27,30)(H,31,32). The normalized spacial score (nSPS) is 12.7. The van der Waals surface area contributed by atoms with E-state index in [0.717, 1.165) is 16.5 Å². The second kappa shape index (κ2) is 12.4. The van der Waals surface area contributed by atoms with Crippen LogP contribution in [0.25, 0.3) is 10.9 Å². The predicted molar refractivity (Wildman–Crippen MR) is 118 cm³/mol. The first-order chi connectivity index (χ1) is 15.3. The van der Waals surface area contributed by atoms with Crippen molar-refractivity contribution in [3.8, 4) is 0 Å². The van der Waals surface area contributed by atoms with Gasteiger partial charge in [-0.1, -0.05) is 18.2 Å². The van der Waals surface area contributed by atoms with E-state index in [1.807, 2.05) is 24.3 Å². The van der Waals surface area contributed by atoms with E-state index in [2.05, 4.69) is 20.9 Å². The lowest BCUT2D eigenvalue weighted by Gasteiger charge is -2.21. The maximum atomic E-state index is 13.0. The maximum Gasteiger partial charge on any atom is 0.326 e. The summed E-state index contributed by atoms with van der Waals surface area (Å²) in [6, 6.07) is 5.33. The molecule has 32 heavy (non-hydrogen) atoms. The van der Waals surface area contributed by atoms with Crippen molar-refractivity contribution in [2.24, 2.45) is 11.5 Å².